The molecule has 4 heteroatoms. The lowest BCUT2D eigenvalue weighted by molar-refractivity contribution is -0.149. The first-order chi connectivity index (χ1) is 12.6. The van der Waals surface area contributed by atoms with Crippen molar-refractivity contribution in [3.05, 3.63) is 0 Å². The summed E-state index contributed by atoms with van der Waals surface area (Å²) >= 11 is 0. The van der Waals surface area contributed by atoms with Gasteiger partial charge in [-0.3, -0.25) is 9.59 Å². The normalized spacial score (nSPS) is 11.0. The maximum Gasteiger partial charge on any atom is 0.308 e. The average molecular weight is 371 g/mol. The summed E-state index contributed by atoms with van der Waals surface area (Å²) in [5.74, 6) is -0.736. The van der Waals surface area contributed by atoms with Crippen LogP contribution in [0.2, 0.25) is 0 Å². The van der Waals surface area contributed by atoms with Crippen LogP contribution in [0.4, 0.5) is 0 Å². The zero-order valence-electron chi connectivity index (χ0n) is 17.3. The van der Waals surface area contributed by atoms with E-state index in [2.05, 4.69) is 13.8 Å². The van der Waals surface area contributed by atoms with Crippen molar-refractivity contribution in [3.63, 3.8) is 0 Å². The van der Waals surface area contributed by atoms with Crippen molar-refractivity contribution in [1.29, 1.82) is 0 Å². The van der Waals surface area contributed by atoms with E-state index in [1.54, 1.807) is 0 Å². The molecular weight excluding hydrogens is 328 g/mol. The third-order valence-electron chi connectivity index (χ3n) is 4.92. The second-order valence-electron chi connectivity index (χ2n) is 7.47. The van der Waals surface area contributed by atoms with E-state index in [0.29, 0.717) is 13.0 Å². The minimum absolute atomic E-state index is 0.0331. The number of aliphatic carboxylic acids is 1. The highest BCUT2D eigenvalue weighted by atomic mass is 16.5. The number of carboxylic acid groups (broad SMARTS) is 1. The van der Waals surface area contributed by atoms with Crippen molar-refractivity contribution in [2.45, 2.75) is 117 Å². The molecule has 0 aromatic rings. The Morgan fingerprint density at radius 3 is 1.73 bits per heavy atom. The van der Waals surface area contributed by atoms with Gasteiger partial charge < -0.3 is 9.84 Å². The second-order valence-corrected chi connectivity index (χ2v) is 7.47. The molecule has 0 bridgehead atoms. The van der Waals surface area contributed by atoms with E-state index in [0.717, 1.165) is 38.5 Å². The zero-order chi connectivity index (χ0) is 19.5. The molecule has 0 aromatic carbocycles. The van der Waals surface area contributed by atoms with Gasteiger partial charge in [0.15, 0.2) is 0 Å². The fraction of sp³-hybridized carbons (Fsp3) is 0.909. The molecule has 1 N–H and O–H groups in total. The predicted molar refractivity (Wildman–Crippen MR) is 107 cm³/mol. The molecule has 0 fully saturated rings. The summed E-state index contributed by atoms with van der Waals surface area (Å²) in [5.41, 5.74) is 0. The van der Waals surface area contributed by atoms with E-state index in [-0.39, 0.29) is 18.3 Å². The molecule has 0 atom stereocenters. The average Bonchev–Trinajstić information content (AvgIpc) is 2.62. The van der Waals surface area contributed by atoms with Crippen molar-refractivity contribution in [2.75, 3.05) is 6.61 Å². The summed E-state index contributed by atoms with van der Waals surface area (Å²) in [6.07, 6.45) is 16.6. The number of ether oxygens (including phenoxy) is 1. The number of unbranched alkanes of at least 4 members (excludes halogenated alkanes) is 10. The lowest BCUT2D eigenvalue weighted by Gasteiger charge is -2.16. The van der Waals surface area contributed by atoms with E-state index in [4.69, 9.17) is 9.84 Å². The number of rotatable bonds is 19. The van der Waals surface area contributed by atoms with Crippen LogP contribution in [0.5, 0.6) is 0 Å². The summed E-state index contributed by atoms with van der Waals surface area (Å²) in [7, 11) is 0. The van der Waals surface area contributed by atoms with Crippen LogP contribution in [0.15, 0.2) is 0 Å². The minimum atomic E-state index is -0.756. The minimum Gasteiger partial charge on any atom is -0.481 e. The molecule has 4 nitrogen and oxygen atoms in total. The molecule has 0 saturated carbocycles. The first kappa shape index (κ1) is 24.9. The van der Waals surface area contributed by atoms with Crippen LogP contribution in [0.25, 0.3) is 0 Å². The van der Waals surface area contributed by atoms with Crippen LogP contribution in [-0.4, -0.2) is 23.7 Å². The SMILES string of the molecule is CCCCCCCC(CCCCCCC)C(=O)OCCCCCC(=O)O. The third kappa shape index (κ3) is 16.4. The lowest BCUT2D eigenvalue weighted by Crippen LogP contribution is -2.18. The molecule has 0 rings (SSSR count). The fourth-order valence-electron chi connectivity index (χ4n) is 3.21. The summed E-state index contributed by atoms with van der Waals surface area (Å²) in [5, 5.41) is 8.62. The number of hydrogen-bond donors (Lipinski definition) is 1. The Morgan fingerprint density at radius 1 is 0.731 bits per heavy atom. The number of esters is 1. The highest BCUT2D eigenvalue weighted by Crippen LogP contribution is 2.20. The van der Waals surface area contributed by atoms with E-state index >= 15 is 0 Å². The van der Waals surface area contributed by atoms with Gasteiger partial charge in [0.05, 0.1) is 12.5 Å². The van der Waals surface area contributed by atoms with Gasteiger partial charge in [-0.25, -0.2) is 0 Å². The lowest BCUT2D eigenvalue weighted by atomic mass is 9.94. The third-order valence-corrected chi connectivity index (χ3v) is 4.92. The Hall–Kier alpha value is -1.06. The first-order valence-corrected chi connectivity index (χ1v) is 11.0. The van der Waals surface area contributed by atoms with Crippen molar-refractivity contribution in [3.8, 4) is 0 Å². The van der Waals surface area contributed by atoms with Crippen molar-refractivity contribution in [2.24, 2.45) is 5.92 Å². The zero-order valence-corrected chi connectivity index (χ0v) is 17.3. The van der Waals surface area contributed by atoms with Crippen LogP contribution in [0.1, 0.15) is 117 Å². The monoisotopic (exact) mass is 370 g/mol. The smallest absolute Gasteiger partial charge is 0.308 e. The quantitative estimate of drug-likeness (QED) is 0.208. The number of carboxylic acids is 1. The van der Waals surface area contributed by atoms with E-state index in [1.165, 1.54) is 51.4 Å². The summed E-state index contributed by atoms with van der Waals surface area (Å²) < 4.78 is 5.48. The molecule has 0 aliphatic carbocycles. The molecule has 0 saturated heterocycles. The number of hydrogen-bond acceptors (Lipinski definition) is 3. The van der Waals surface area contributed by atoms with Crippen molar-refractivity contribution in [1.82, 2.24) is 0 Å². The number of carbonyl (C=O) groups excluding carboxylic acids is 1. The largest absolute Gasteiger partial charge is 0.481 e. The highest BCUT2D eigenvalue weighted by molar-refractivity contribution is 5.72. The maximum absolute atomic E-state index is 12.4. The molecule has 0 aliphatic heterocycles. The highest BCUT2D eigenvalue weighted by Gasteiger charge is 2.19. The molecular formula is C22H42O4. The Kier molecular flexibility index (Phi) is 18.0. The second kappa shape index (κ2) is 18.7. The molecule has 0 aromatic heterocycles. The van der Waals surface area contributed by atoms with Crippen molar-refractivity contribution < 1.29 is 19.4 Å². The van der Waals surface area contributed by atoms with Crippen molar-refractivity contribution >= 4 is 11.9 Å². The van der Waals surface area contributed by atoms with Gasteiger partial charge in [-0.1, -0.05) is 78.1 Å². The molecule has 0 radical (unpaired) electrons. The van der Waals surface area contributed by atoms with Crippen LogP contribution in [0.3, 0.4) is 0 Å². The maximum atomic E-state index is 12.4. The van der Waals surface area contributed by atoms with Crippen LogP contribution in [-0.2, 0) is 14.3 Å². The Morgan fingerprint density at radius 2 is 1.23 bits per heavy atom. The standard InChI is InChI=1S/C22H42O4/c1-3-5-7-9-12-16-20(17-13-10-8-6-4-2)22(25)26-19-15-11-14-18-21(23)24/h20H,3-19H2,1-2H3,(H,23,24). The van der Waals surface area contributed by atoms with E-state index in [9.17, 15) is 9.59 Å². The van der Waals surface area contributed by atoms with Crippen LogP contribution < -0.4 is 0 Å². The summed E-state index contributed by atoms with van der Waals surface area (Å²) in [4.78, 5) is 22.9. The van der Waals surface area contributed by atoms with Gasteiger partial charge in [-0.2, -0.15) is 0 Å². The molecule has 0 amide bonds. The van der Waals surface area contributed by atoms with E-state index in [1.807, 2.05) is 0 Å². The van der Waals surface area contributed by atoms with Gasteiger partial charge in [0.25, 0.3) is 0 Å². The molecule has 154 valence electrons. The molecule has 26 heavy (non-hydrogen) atoms. The topological polar surface area (TPSA) is 63.6 Å². The summed E-state index contributed by atoms with van der Waals surface area (Å²) in [6.45, 7) is 4.86. The molecule has 0 spiro atoms. The van der Waals surface area contributed by atoms with Gasteiger partial charge in [-0.05, 0) is 32.1 Å². The first-order valence-electron chi connectivity index (χ1n) is 11.0. The summed E-state index contributed by atoms with van der Waals surface area (Å²) in [6, 6.07) is 0. The van der Waals surface area contributed by atoms with Crippen LogP contribution >= 0.6 is 0 Å². The van der Waals surface area contributed by atoms with Gasteiger partial charge >= 0.3 is 11.9 Å². The predicted octanol–water partition coefficient (Wildman–Crippen LogP) is 6.51. The van der Waals surface area contributed by atoms with Gasteiger partial charge in [0, 0.05) is 6.42 Å². The number of carbonyl (C=O) groups is 2. The Labute approximate surface area is 161 Å². The van der Waals surface area contributed by atoms with E-state index < -0.39 is 5.97 Å². The van der Waals surface area contributed by atoms with Gasteiger partial charge in [0.1, 0.15) is 0 Å². The molecule has 0 heterocycles. The Balaban J connectivity index is 4.03. The van der Waals surface area contributed by atoms with Gasteiger partial charge in [-0.15, -0.1) is 0 Å². The van der Waals surface area contributed by atoms with Gasteiger partial charge in [0.2, 0.25) is 0 Å². The molecule has 0 aliphatic rings. The Bertz CT molecular complexity index is 327. The fourth-order valence-corrected chi connectivity index (χ4v) is 3.21. The van der Waals surface area contributed by atoms with Crippen LogP contribution in [0, 0.1) is 5.92 Å². The molecule has 0 unspecified atom stereocenters.